The molecule has 0 spiro atoms. The fraction of sp³-hybridized carbons (Fsp3) is 0.389. The lowest BCUT2D eigenvalue weighted by atomic mass is 10.2. The summed E-state index contributed by atoms with van der Waals surface area (Å²) in [6.45, 7) is 0.582. The summed E-state index contributed by atoms with van der Waals surface area (Å²) in [6.07, 6.45) is 3.27. The van der Waals surface area contributed by atoms with E-state index in [9.17, 15) is 9.59 Å². The van der Waals surface area contributed by atoms with Crippen LogP contribution in [0.5, 0.6) is 5.75 Å². The second-order valence-corrected chi connectivity index (χ2v) is 6.23. The third-order valence-electron chi connectivity index (χ3n) is 4.38. The van der Waals surface area contributed by atoms with Gasteiger partial charge in [-0.2, -0.15) is 5.10 Å². The number of carbonyl (C=O) groups is 2. The predicted molar refractivity (Wildman–Crippen MR) is 92.9 cm³/mol. The Kier molecular flexibility index (Phi) is 4.74. The van der Waals surface area contributed by atoms with Gasteiger partial charge in [0.15, 0.2) is 5.69 Å². The number of rotatable bonds is 4. The summed E-state index contributed by atoms with van der Waals surface area (Å²) in [4.78, 5) is 28.2. The normalized spacial score (nSPS) is 16.8. The molecule has 1 aliphatic rings. The molecule has 1 saturated heterocycles. The highest BCUT2D eigenvalue weighted by Crippen LogP contribution is 2.21. The van der Waals surface area contributed by atoms with Crippen LogP contribution in [0.25, 0.3) is 5.69 Å². The van der Waals surface area contributed by atoms with Crippen LogP contribution in [-0.4, -0.2) is 65.2 Å². The van der Waals surface area contributed by atoms with Gasteiger partial charge in [0.1, 0.15) is 11.8 Å². The van der Waals surface area contributed by atoms with Crippen molar-refractivity contribution >= 4 is 11.8 Å². The molecule has 132 valence electrons. The van der Waals surface area contributed by atoms with Crippen molar-refractivity contribution in [1.29, 1.82) is 0 Å². The van der Waals surface area contributed by atoms with Crippen LogP contribution in [0.3, 0.4) is 0 Å². The van der Waals surface area contributed by atoms with Gasteiger partial charge in [-0.25, -0.2) is 4.68 Å². The van der Waals surface area contributed by atoms with Crippen LogP contribution in [0.2, 0.25) is 0 Å². The molecule has 0 N–H and O–H groups in total. The van der Waals surface area contributed by atoms with Crippen molar-refractivity contribution in [1.82, 2.24) is 19.6 Å². The molecule has 0 aliphatic carbocycles. The minimum atomic E-state index is -0.395. The van der Waals surface area contributed by atoms with Crippen molar-refractivity contribution in [2.45, 2.75) is 18.9 Å². The van der Waals surface area contributed by atoms with E-state index in [1.807, 2.05) is 24.3 Å². The second kappa shape index (κ2) is 6.96. The molecule has 0 radical (unpaired) electrons. The summed E-state index contributed by atoms with van der Waals surface area (Å²) in [5.41, 5.74) is 1.18. The van der Waals surface area contributed by atoms with Crippen LogP contribution >= 0.6 is 0 Å². The number of amides is 2. The number of carbonyl (C=O) groups excluding carboxylic acids is 2. The maximum atomic E-state index is 12.8. The van der Waals surface area contributed by atoms with Crippen LogP contribution in [0.15, 0.2) is 36.5 Å². The van der Waals surface area contributed by atoms with Crippen LogP contribution < -0.4 is 4.74 Å². The van der Waals surface area contributed by atoms with Gasteiger partial charge in [-0.05, 0) is 43.2 Å². The van der Waals surface area contributed by atoms with Gasteiger partial charge < -0.3 is 14.5 Å². The van der Waals surface area contributed by atoms with Crippen molar-refractivity contribution in [3.05, 3.63) is 42.2 Å². The lowest BCUT2D eigenvalue weighted by molar-refractivity contribution is -0.132. The largest absolute Gasteiger partial charge is 0.497 e. The van der Waals surface area contributed by atoms with Crippen molar-refractivity contribution in [2.75, 3.05) is 27.7 Å². The number of benzene rings is 1. The highest BCUT2D eigenvalue weighted by atomic mass is 16.5. The zero-order valence-electron chi connectivity index (χ0n) is 14.7. The quantitative estimate of drug-likeness (QED) is 0.846. The van der Waals surface area contributed by atoms with Gasteiger partial charge in [0.25, 0.3) is 5.91 Å². The van der Waals surface area contributed by atoms with Gasteiger partial charge in [-0.1, -0.05) is 0 Å². The molecule has 2 amide bonds. The van der Waals surface area contributed by atoms with Gasteiger partial charge in [0.2, 0.25) is 5.91 Å². The van der Waals surface area contributed by atoms with Crippen molar-refractivity contribution in [2.24, 2.45) is 0 Å². The SMILES string of the molecule is COc1ccc(-n2ccc(C(=O)N3CCCC3C(=O)N(C)C)n2)cc1. The molecule has 1 atom stereocenters. The summed E-state index contributed by atoms with van der Waals surface area (Å²) in [5.74, 6) is 0.514. The number of hydrogen-bond acceptors (Lipinski definition) is 4. The van der Waals surface area contributed by atoms with E-state index in [0.29, 0.717) is 18.7 Å². The number of nitrogens with zero attached hydrogens (tertiary/aromatic N) is 4. The van der Waals surface area contributed by atoms with Gasteiger partial charge in [0, 0.05) is 26.8 Å². The van der Waals surface area contributed by atoms with E-state index in [1.54, 1.807) is 43.1 Å². The Morgan fingerprint density at radius 2 is 1.92 bits per heavy atom. The lowest BCUT2D eigenvalue weighted by Crippen LogP contribution is -2.45. The van der Waals surface area contributed by atoms with Crippen molar-refractivity contribution in [3.8, 4) is 11.4 Å². The molecule has 1 aromatic heterocycles. The first-order valence-corrected chi connectivity index (χ1v) is 8.23. The average Bonchev–Trinajstić information content (AvgIpc) is 3.30. The summed E-state index contributed by atoms with van der Waals surface area (Å²) in [5, 5.41) is 4.38. The maximum Gasteiger partial charge on any atom is 0.275 e. The van der Waals surface area contributed by atoms with Crippen LogP contribution in [0.4, 0.5) is 0 Å². The van der Waals surface area contributed by atoms with E-state index in [2.05, 4.69) is 5.10 Å². The Balaban J connectivity index is 1.79. The van der Waals surface area contributed by atoms with E-state index in [4.69, 9.17) is 4.74 Å². The fourth-order valence-electron chi connectivity index (χ4n) is 3.03. The third kappa shape index (κ3) is 3.35. The lowest BCUT2D eigenvalue weighted by Gasteiger charge is -2.25. The Hall–Kier alpha value is -2.83. The molecular formula is C18H22N4O3. The maximum absolute atomic E-state index is 12.8. The Morgan fingerprint density at radius 3 is 2.56 bits per heavy atom. The number of likely N-dealkylation sites (tertiary alicyclic amines) is 1. The molecule has 1 fully saturated rings. The monoisotopic (exact) mass is 342 g/mol. The molecule has 0 saturated carbocycles. The highest BCUT2D eigenvalue weighted by Gasteiger charge is 2.36. The molecule has 7 nitrogen and oxygen atoms in total. The highest BCUT2D eigenvalue weighted by molar-refractivity contribution is 5.96. The van der Waals surface area contributed by atoms with E-state index < -0.39 is 6.04 Å². The summed E-state index contributed by atoms with van der Waals surface area (Å²) >= 11 is 0. The zero-order valence-corrected chi connectivity index (χ0v) is 14.7. The standard InChI is InChI=1S/C18H22N4O3/c1-20(2)18(24)16-5-4-11-21(16)17(23)15-10-12-22(19-15)13-6-8-14(25-3)9-7-13/h6-10,12,16H,4-5,11H2,1-3H3. The Morgan fingerprint density at radius 1 is 1.20 bits per heavy atom. The second-order valence-electron chi connectivity index (χ2n) is 6.23. The molecule has 1 unspecified atom stereocenters. The Labute approximate surface area is 146 Å². The first kappa shape index (κ1) is 17.0. The molecule has 2 aromatic rings. The van der Waals surface area contributed by atoms with Gasteiger partial charge in [-0.15, -0.1) is 0 Å². The smallest absolute Gasteiger partial charge is 0.275 e. The van der Waals surface area contributed by atoms with E-state index >= 15 is 0 Å². The molecule has 0 bridgehead atoms. The molecule has 25 heavy (non-hydrogen) atoms. The number of ether oxygens (including phenoxy) is 1. The van der Waals surface area contributed by atoms with Crippen molar-refractivity contribution < 1.29 is 14.3 Å². The van der Waals surface area contributed by atoms with Gasteiger partial charge >= 0.3 is 0 Å². The number of aromatic nitrogens is 2. The molecular weight excluding hydrogens is 320 g/mol. The summed E-state index contributed by atoms with van der Waals surface area (Å²) < 4.78 is 6.79. The molecule has 2 heterocycles. The minimum Gasteiger partial charge on any atom is -0.497 e. The van der Waals surface area contributed by atoms with Crippen LogP contribution in [-0.2, 0) is 4.79 Å². The van der Waals surface area contributed by atoms with E-state index in [0.717, 1.165) is 17.9 Å². The number of likely N-dealkylation sites (N-methyl/N-ethyl adjacent to an activating group) is 1. The van der Waals surface area contributed by atoms with Crippen LogP contribution in [0.1, 0.15) is 23.3 Å². The summed E-state index contributed by atoms with van der Waals surface area (Å²) in [7, 11) is 5.03. The minimum absolute atomic E-state index is 0.0413. The van der Waals surface area contributed by atoms with E-state index in [-0.39, 0.29) is 11.8 Å². The fourth-order valence-corrected chi connectivity index (χ4v) is 3.03. The third-order valence-corrected chi connectivity index (χ3v) is 4.38. The van der Waals surface area contributed by atoms with Crippen molar-refractivity contribution in [3.63, 3.8) is 0 Å². The Bertz CT molecular complexity index is 767. The molecule has 3 rings (SSSR count). The zero-order chi connectivity index (χ0) is 18.0. The summed E-state index contributed by atoms with van der Waals surface area (Å²) in [6, 6.07) is 8.70. The van der Waals surface area contributed by atoms with Gasteiger partial charge in [0.05, 0.1) is 12.8 Å². The molecule has 1 aromatic carbocycles. The topological polar surface area (TPSA) is 67.7 Å². The molecule has 7 heteroatoms. The number of hydrogen-bond donors (Lipinski definition) is 0. The van der Waals surface area contributed by atoms with E-state index in [1.165, 1.54) is 4.90 Å². The first-order chi connectivity index (χ1) is 12.0. The molecule has 1 aliphatic heterocycles. The first-order valence-electron chi connectivity index (χ1n) is 8.23. The number of methoxy groups -OCH3 is 1. The van der Waals surface area contributed by atoms with Crippen LogP contribution in [0, 0.1) is 0 Å². The van der Waals surface area contributed by atoms with Gasteiger partial charge in [-0.3, -0.25) is 9.59 Å². The average molecular weight is 342 g/mol. The predicted octanol–water partition coefficient (Wildman–Crippen LogP) is 1.57.